The summed E-state index contributed by atoms with van der Waals surface area (Å²) in [6, 6.07) is 0. The van der Waals surface area contributed by atoms with Crippen LogP contribution in [0.15, 0.2) is 6.20 Å². The largest absolute Gasteiger partial charge is 0.437 e. The first-order valence-electron chi connectivity index (χ1n) is 3.94. The van der Waals surface area contributed by atoms with Crippen LogP contribution in [0.1, 0.15) is 11.4 Å². The quantitative estimate of drug-likeness (QED) is 0.665. The van der Waals surface area contributed by atoms with E-state index in [9.17, 15) is 13.2 Å². The summed E-state index contributed by atoms with van der Waals surface area (Å²) in [6.07, 6.45) is 1.53. The highest BCUT2D eigenvalue weighted by molar-refractivity contribution is 5.45. The van der Waals surface area contributed by atoms with E-state index in [4.69, 9.17) is 6.42 Å². The minimum absolute atomic E-state index is 0.132. The lowest BCUT2D eigenvalue weighted by atomic mass is 10.3. The molecular weight excluding hydrogens is 207 g/mol. The Hall–Kier alpha value is -1.77. The van der Waals surface area contributed by atoms with Gasteiger partial charge in [-0.15, -0.1) is 6.42 Å². The highest BCUT2D eigenvalue weighted by Crippen LogP contribution is 2.32. The van der Waals surface area contributed by atoms with Gasteiger partial charge in [-0.3, -0.25) is 0 Å². The Morgan fingerprint density at radius 3 is 2.40 bits per heavy atom. The number of hydrogen-bond donors (Lipinski definition) is 0. The molecule has 0 radical (unpaired) electrons. The predicted octanol–water partition coefficient (Wildman–Crippen LogP) is 1.54. The summed E-state index contributed by atoms with van der Waals surface area (Å²) >= 11 is 0. The molecule has 0 saturated carbocycles. The molecule has 0 bridgehead atoms. The van der Waals surface area contributed by atoms with Gasteiger partial charge in [-0.1, -0.05) is 0 Å². The number of hydrogen-bond acceptors (Lipinski definition) is 3. The number of alkyl halides is 3. The third-order valence-electron chi connectivity index (χ3n) is 1.59. The predicted molar refractivity (Wildman–Crippen MR) is 49.3 cm³/mol. The number of nitrogens with zero attached hydrogens (tertiary/aromatic N) is 3. The van der Waals surface area contributed by atoms with Gasteiger partial charge in [0.2, 0.25) is 0 Å². The van der Waals surface area contributed by atoms with Gasteiger partial charge in [0.25, 0.3) is 0 Å². The molecule has 3 nitrogen and oxygen atoms in total. The van der Waals surface area contributed by atoms with Crippen molar-refractivity contribution < 1.29 is 13.2 Å². The number of terminal acetylenes is 1. The molecule has 0 amide bonds. The van der Waals surface area contributed by atoms with Gasteiger partial charge in [-0.05, 0) is 5.92 Å². The second kappa shape index (κ2) is 3.77. The third kappa shape index (κ3) is 2.37. The molecule has 15 heavy (non-hydrogen) atoms. The van der Waals surface area contributed by atoms with Crippen molar-refractivity contribution in [1.29, 1.82) is 0 Å². The van der Waals surface area contributed by atoms with E-state index >= 15 is 0 Å². The fourth-order valence-corrected chi connectivity index (χ4v) is 0.970. The van der Waals surface area contributed by atoms with Crippen molar-refractivity contribution in [2.45, 2.75) is 6.18 Å². The van der Waals surface area contributed by atoms with Crippen molar-refractivity contribution in [2.24, 2.45) is 0 Å². The van der Waals surface area contributed by atoms with Crippen molar-refractivity contribution in [3.63, 3.8) is 0 Å². The van der Waals surface area contributed by atoms with Gasteiger partial charge < -0.3 is 4.90 Å². The first-order valence-corrected chi connectivity index (χ1v) is 3.94. The van der Waals surface area contributed by atoms with E-state index in [-0.39, 0.29) is 11.5 Å². The molecule has 0 saturated heterocycles. The normalized spacial score (nSPS) is 10.9. The van der Waals surface area contributed by atoms with Gasteiger partial charge in [-0.25, -0.2) is 9.97 Å². The smallest absolute Gasteiger partial charge is 0.361 e. The molecule has 0 N–H and O–H groups in total. The fourth-order valence-electron chi connectivity index (χ4n) is 0.970. The third-order valence-corrected chi connectivity index (χ3v) is 1.59. The summed E-state index contributed by atoms with van der Waals surface area (Å²) in [5, 5.41) is 0. The number of anilines is 1. The maximum absolute atomic E-state index is 12.5. The van der Waals surface area contributed by atoms with Crippen molar-refractivity contribution in [3.05, 3.63) is 17.6 Å². The standard InChI is InChI=1S/C9H8F3N3/c1-4-6-5-13-8(15(2)3)7(14-6)9(10,11)12/h1,5H,2-3H3. The monoisotopic (exact) mass is 215 g/mol. The van der Waals surface area contributed by atoms with E-state index in [1.807, 2.05) is 5.92 Å². The first-order chi connectivity index (χ1) is 6.86. The van der Waals surface area contributed by atoms with E-state index in [0.29, 0.717) is 0 Å². The number of rotatable bonds is 1. The van der Waals surface area contributed by atoms with Crippen LogP contribution in [0.25, 0.3) is 0 Å². The molecular formula is C9H8F3N3. The van der Waals surface area contributed by atoms with Crippen LogP contribution >= 0.6 is 0 Å². The summed E-state index contributed by atoms with van der Waals surface area (Å²) < 4.78 is 37.6. The van der Waals surface area contributed by atoms with E-state index in [2.05, 4.69) is 9.97 Å². The van der Waals surface area contributed by atoms with E-state index in [0.717, 1.165) is 6.20 Å². The van der Waals surface area contributed by atoms with Crippen LogP contribution in [0.5, 0.6) is 0 Å². The average Bonchev–Trinajstić information content (AvgIpc) is 2.15. The zero-order valence-corrected chi connectivity index (χ0v) is 8.13. The van der Waals surface area contributed by atoms with Crippen LogP contribution in [0.2, 0.25) is 0 Å². The minimum Gasteiger partial charge on any atom is -0.361 e. The lowest BCUT2D eigenvalue weighted by molar-refractivity contribution is -0.140. The molecule has 0 fully saturated rings. The van der Waals surface area contributed by atoms with Crippen molar-refractivity contribution in [3.8, 4) is 12.3 Å². The Morgan fingerprint density at radius 2 is 2.00 bits per heavy atom. The fraction of sp³-hybridized carbons (Fsp3) is 0.333. The minimum atomic E-state index is -4.56. The molecule has 1 rings (SSSR count). The maximum Gasteiger partial charge on any atom is 0.437 e. The Balaban J connectivity index is 3.37. The zero-order chi connectivity index (χ0) is 11.6. The van der Waals surface area contributed by atoms with Crippen LogP contribution in [0.4, 0.5) is 19.0 Å². The zero-order valence-electron chi connectivity index (χ0n) is 8.13. The van der Waals surface area contributed by atoms with Crippen LogP contribution in [-0.4, -0.2) is 24.1 Å². The number of aromatic nitrogens is 2. The van der Waals surface area contributed by atoms with Gasteiger partial charge >= 0.3 is 6.18 Å². The Labute approximate surface area is 85.0 Å². The second-order valence-corrected chi connectivity index (χ2v) is 2.96. The second-order valence-electron chi connectivity index (χ2n) is 2.96. The molecule has 1 aromatic rings. The van der Waals surface area contributed by atoms with Crippen LogP contribution in [0, 0.1) is 12.3 Å². The van der Waals surface area contributed by atoms with Gasteiger partial charge in [0.15, 0.2) is 11.5 Å². The van der Waals surface area contributed by atoms with E-state index in [1.54, 1.807) is 0 Å². The molecule has 0 spiro atoms. The number of halogens is 3. The van der Waals surface area contributed by atoms with Crippen molar-refractivity contribution in [2.75, 3.05) is 19.0 Å². The lowest BCUT2D eigenvalue weighted by Crippen LogP contribution is -2.20. The SMILES string of the molecule is C#Cc1cnc(N(C)C)c(C(F)(F)F)n1. The average molecular weight is 215 g/mol. The Morgan fingerprint density at radius 1 is 1.40 bits per heavy atom. The molecule has 6 heteroatoms. The molecule has 0 atom stereocenters. The molecule has 0 aliphatic rings. The van der Waals surface area contributed by atoms with Gasteiger partial charge in [-0.2, -0.15) is 13.2 Å². The Bertz CT molecular complexity index is 404. The first kappa shape index (κ1) is 11.3. The summed E-state index contributed by atoms with van der Waals surface area (Å²) in [4.78, 5) is 8.17. The van der Waals surface area contributed by atoms with E-state index in [1.165, 1.54) is 19.0 Å². The van der Waals surface area contributed by atoms with Gasteiger partial charge in [0, 0.05) is 14.1 Å². The summed E-state index contributed by atoms with van der Waals surface area (Å²) in [6.45, 7) is 0. The highest BCUT2D eigenvalue weighted by atomic mass is 19.4. The van der Waals surface area contributed by atoms with Crippen LogP contribution < -0.4 is 4.90 Å². The molecule has 1 aromatic heterocycles. The molecule has 0 aromatic carbocycles. The molecule has 0 aliphatic carbocycles. The molecule has 80 valence electrons. The maximum atomic E-state index is 12.5. The van der Waals surface area contributed by atoms with Crippen LogP contribution in [-0.2, 0) is 6.18 Å². The van der Waals surface area contributed by atoms with Crippen molar-refractivity contribution >= 4 is 5.82 Å². The highest BCUT2D eigenvalue weighted by Gasteiger charge is 2.37. The molecule has 0 aliphatic heterocycles. The summed E-state index contributed by atoms with van der Waals surface area (Å²) in [5.41, 5.74) is -1.20. The lowest BCUT2D eigenvalue weighted by Gasteiger charge is -2.16. The van der Waals surface area contributed by atoms with Gasteiger partial charge in [0.1, 0.15) is 5.69 Å². The summed E-state index contributed by atoms with van der Waals surface area (Å²) in [5.74, 6) is 1.76. The van der Waals surface area contributed by atoms with Crippen LogP contribution in [0.3, 0.4) is 0 Å². The van der Waals surface area contributed by atoms with E-state index < -0.39 is 11.9 Å². The Kier molecular flexibility index (Phi) is 2.84. The topological polar surface area (TPSA) is 29.0 Å². The van der Waals surface area contributed by atoms with Gasteiger partial charge in [0.05, 0.1) is 6.20 Å². The molecule has 0 unspecified atom stereocenters. The summed E-state index contributed by atoms with van der Waals surface area (Å²) in [7, 11) is 2.91. The van der Waals surface area contributed by atoms with Crippen molar-refractivity contribution in [1.82, 2.24) is 9.97 Å². The molecule has 1 heterocycles.